The van der Waals surface area contributed by atoms with Crippen molar-refractivity contribution in [2.75, 3.05) is 19.1 Å². The summed E-state index contributed by atoms with van der Waals surface area (Å²) in [7, 11) is 2.23. The summed E-state index contributed by atoms with van der Waals surface area (Å²) < 4.78 is 43.5. The largest absolute Gasteiger partial charge is 0.388 e. The molecule has 5 unspecified atom stereocenters. The summed E-state index contributed by atoms with van der Waals surface area (Å²) in [5.41, 5.74) is 0. The van der Waals surface area contributed by atoms with Crippen molar-refractivity contribution in [1.82, 2.24) is 0 Å². The Hall–Kier alpha value is 0.255. The summed E-state index contributed by atoms with van der Waals surface area (Å²) in [6.07, 6.45) is -8.09. The van der Waals surface area contributed by atoms with Crippen LogP contribution in [0.2, 0.25) is 0 Å². The molecule has 0 amide bonds. The van der Waals surface area contributed by atoms with E-state index in [1.807, 2.05) is 0 Å². The molecule has 28 heavy (non-hydrogen) atoms. The third-order valence-corrected chi connectivity index (χ3v) is 8.19. The maximum absolute atomic E-state index is 12.0. The van der Waals surface area contributed by atoms with Crippen LogP contribution < -0.4 is 0 Å². The van der Waals surface area contributed by atoms with E-state index in [1.54, 1.807) is 0 Å². The Balaban J connectivity index is 1.83. The Kier molecular flexibility index (Phi) is 8.40. The van der Waals surface area contributed by atoms with Gasteiger partial charge in [-0.2, -0.15) is 0 Å². The lowest BCUT2D eigenvalue weighted by atomic mass is 9.50. The monoisotopic (exact) mass is 439 g/mol. The van der Waals surface area contributed by atoms with Crippen LogP contribution in [-0.4, -0.2) is 121 Å². The van der Waals surface area contributed by atoms with Crippen LogP contribution in [0.4, 0.5) is 0 Å². The van der Waals surface area contributed by atoms with Crippen molar-refractivity contribution in [3.8, 4) is 0 Å². The van der Waals surface area contributed by atoms with Crippen LogP contribution in [0.25, 0.3) is 0 Å². The second-order valence-corrected chi connectivity index (χ2v) is 10.6. The van der Waals surface area contributed by atoms with Gasteiger partial charge in [-0.25, -0.2) is 0 Å². The molecule has 155 valence electrons. The highest BCUT2D eigenvalue weighted by atomic mass is 31.2. The van der Waals surface area contributed by atoms with E-state index < -0.39 is 82.9 Å². The third-order valence-electron chi connectivity index (χ3n) is 4.23. The van der Waals surface area contributed by atoms with E-state index in [4.69, 9.17) is 29.6 Å². The van der Waals surface area contributed by atoms with Gasteiger partial charge in [-0.3, -0.25) is 9.13 Å². The fraction of sp³-hybridized carbons (Fsp3) is 1.00. The number of aliphatic hydroxyl groups excluding tert-OH is 4. The van der Waals surface area contributed by atoms with Gasteiger partial charge >= 0.3 is 15.2 Å². The molecule has 17 heteroatoms. The lowest BCUT2D eigenvalue weighted by Crippen LogP contribution is -2.36. The highest BCUT2D eigenvalue weighted by molar-refractivity contribution is 7.70. The fourth-order valence-electron chi connectivity index (χ4n) is 2.68. The minimum atomic E-state index is -4.67. The Bertz CT molecular complexity index is 628. The molecule has 0 aliphatic carbocycles. The number of ether oxygens (including phenoxy) is 2. The van der Waals surface area contributed by atoms with Crippen molar-refractivity contribution in [1.29, 1.82) is 0 Å². The molecule has 2 fully saturated rings. The second-order valence-electron chi connectivity index (χ2n) is 6.44. The van der Waals surface area contributed by atoms with Crippen molar-refractivity contribution in [2.45, 2.75) is 48.6 Å². The summed E-state index contributed by atoms with van der Waals surface area (Å²) in [4.78, 5) is 19.5. The van der Waals surface area contributed by atoms with E-state index in [0.29, 0.717) is 0 Å². The van der Waals surface area contributed by atoms with Gasteiger partial charge in [0.2, 0.25) is 0 Å². The van der Waals surface area contributed by atoms with E-state index in [9.17, 15) is 39.3 Å². The van der Waals surface area contributed by atoms with Gasteiger partial charge in [0.15, 0.2) is 5.90 Å². The molecule has 2 heterocycles. The Morgan fingerprint density at radius 1 is 0.857 bits per heavy atom. The Morgan fingerprint density at radius 3 is 1.71 bits per heavy atom. The molecular weight excluding hydrogens is 418 g/mol. The molecule has 0 aromatic carbocycles. The Morgan fingerprint density at radius 2 is 1.32 bits per heavy atom. The second kappa shape index (κ2) is 9.59. The third kappa shape index (κ3) is 6.13. The normalized spacial score (nSPS) is 42.8. The van der Waals surface area contributed by atoms with Crippen LogP contribution in [0.1, 0.15) is 0 Å². The number of hydrogen-bond acceptors (Lipinski definition) is 10. The minimum absolute atomic E-state index is 0.665. The van der Waals surface area contributed by atoms with Gasteiger partial charge in [-0.05, 0) is 0 Å². The van der Waals surface area contributed by atoms with Crippen molar-refractivity contribution in [2.24, 2.45) is 0 Å². The SMILES string of the molecule is [B][B][C@@H]1O[C@H](COP(=O)(O)CP(=O)(O)OC[C@H]2O[C@@H]([B])C(O)C2O)[C@H](O)C1O. The molecule has 2 aliphatic rings. The summed E-state index contributed by atoms with van der Waals surface area (Å²) in [6, 6.07) is -2.22. The summed E-state index contributed by atoms with van der Waals surface area (Å²) in [5, 5.41) is 38.5. The van der Waals surface area contributed by atoms with Crippen molar-refractivity contribution in [3.63, 3.8) is 0 Å². The first-order valence-electron chi connectivity index (χ1n) is 8.13. The van der Waals surface area contributed by atoms with Gasteiger partial charge < -0.3 is 48.7 Å². The molecule has 0 saturated carbocycles. The number of hydrogen-bond donors (Lipinski definition) is 6. The first kappa shape index (κ1) is 24.5. The zero-order chi connectivity index (χ0) is 21.3. The average molecular weight is 439 g/mol. The summed E-state index contributed by atoms with van der Waals surface area (Å²) in [5.74, 6) is -1.30. The predicted molar refractivity (Wildman–Crippen MR) is 95.0 cm³/mol. The molecule has 0 spiro atoms. The lowest BCUT2D eigenvalue weighted by molar-refractivity contribution is -0.00601. The van der Waals surface area contributed by atoms with Gasteiger partial charge in [0, 0.05) is 19.7 Å². The van der Waals surface area contributed by atoms with Gasteiger partial charge in [0.1, 0.15) is 32.3 Å². The zero-order valence-electron chi connectivity index (χ0n) is 14.5. The topological polar surface area (TPSA) is 192 Å². The molecule has 10 atom stereocenters. The van der Waals surface area contributed by atoms with Gasteiger partial charge in [-0.1, -0.05) is 0 Å². The highest BCUT2D eigenvalue weighted by Gasteiger charge is 2.44. The van der Waals surface area contributed by atoms with Gasteiger partial charge in [0.05, 0.1) is 32.6 Å². The lowest BCUT2D eigenvalue weighted by Gasteiger charge is -2.21. The molecular formula is C11H20B3O12P2. The molecule has 12 nitrogen and oxygen atoms in total. The van der Waals surface area contributed by atoms with Crippen molar-refractivity contribution < 1.29 is 57.9 Å². The van der Waals surface area contributed by atoms with E-state index in [0.717, 1.165) is 7.17 Å². The van der Waals surface area contributed by atoms with Crippen LogP contribution in [0, 0.1) is 0 Å². The standard InChI is InChI=1S/C11H20B3O12P2/c12-10-8(17)6(15)4(25-10)1-23-27(19,20)3-28(21,22)24-2-5-7(16)9(18)11(14-13)26-5/h4-11,15-18H,1-3H2,(H,19,20)(H,21,22)/t4-,5-,6?,7+,8?,9?,10-,11-/m1/s1. The maximum Gasteiger partial charge on any atom is 0.340 e. The van der Waals surface area contributed by atoms with E-state index in [2.05, 4.69) is 4.52 Å². The van der Waals surface area contributed by atoms with Crippen molar-refractivity contribution >= 4 is 37.9 Å². The predicted octanol–water partition coefficient (Wildman–Crippen LogP) is -3.80. The van der Waals surface area contributed by atoms with Crippen LogP contribution in [-0.2, 0) is 27.7 Å². The highest BCUT2D eigenvalue weighted by Crippen LogP contribution is 2.58. The van der Waals surface area contributed by atoms with Crippen LogP contribution in [0.15, 0.2) is 0 Å². The summed E-state index contributed by atoms with van der Waals surface area (Å²) >= 11 is 0. The number of aliphatic hydroxyl groups is 4. The number of rotatable bonds is 9. The van der Waals surface area contributed by atoms with Crippen molar-refractivity contribution in [3.05, 3.63) is 0 Å². The van der Waals surface area contributed by atoms with Gasteiger partial charge in [-0.15, -0.1) is 0 Å². The molecule has 2 rings (SSSR count). The molecule has 6 N–H and O–H groups in total. The van der Waals surface area contributed by atoms with Crippen LogP contribution in [0.5, 0.6) is 0 Å². The zero-order valence-corrected chi connectivity index (χ0v) is 16.3. The molecule has 2 aliphatic heterocycles. The smallest absolute Gasteiger partial charge is 0.340 e. The fourth-order valence-corrected chi connectivity index (χ4v) is 5.90. The average Bonchev–Trinajstić information content (AvgIpc) is 3.01. The molecule has 5 radical (unpaired) electrons. The minimum Gasteiger partial charge on any atom is -0.388 e. The van der Waals surface area contributed by atoms with Crippen LogP contribution >= 0.6 is 15.2 Å². The van der Waals surface area contributed by atoms with E-state index in [1.165, 1.54) is 0 Å². The molecule has 2 saturated heterocycles. The first-order chi connectivity index (χ1) is 12.9. The van der Waals surface area contributed by atoms with E-state index in [-0.39, 0.29) is 0 Å². The maximum atomic E-state index is 12.0. The summed E-state index contributed by atoms with van der Waals surface area (Å²) in [6.45, 7) is -1.34. The molecule has 0 bridgehead atoms. The van der Waals surface area contributed by atoms with E-state index >= 15 is 0 Å². The van der Waals surface area contributed by atoms with Gasteiger partial charge in [0.25, 0.3) is 0 Å². The first-order valence-corrected chi connectivity index (χ1v) is 11.7. The quantitative estimate of drug-likeness (QED) is 0.152. The Labute approximate surface area is 164 Å². The van der Waals surface area contributed by atoms with Crippen LogP contribution in [0.3, 0.4) is 0 Å². The molecule has 0 aromatic rings. The molecule has 0 aromatic heterocycles.